The number of amides is 2. The zero-order chi connectivity index (χ0) is 10.5. The van der Waals surface area contributed by atoms with Gasteiger partial charge in [0.15, 0.2) is 0 Å². The quantitative estimate of drug-likeness (QED) is 0.419. The normalized spacial score (nSPS) is 36.8. The lowest BCUT2D eigenvalue weighted by atomic mass is 10.0. The maximum atomic E-state index is 11.9. The fourth-order valence-corrected chi connectivity index (χ4v) is 9.34. The molecule has 5 heteroatoms. The van der Waals surface area contributed by atoms with Gasteiger partial charge in [-0.1, -0.05) is 0 Å². The van der Waals surface area contributed by atoms with Gasteiger partial charge in [0.2, 0.25) is 11.8 Å². The molecule has 14 heavy (non-hydrogen) atoms. The number of likely N-dealkylation sites (tertiary alicyclic amines) is 1. The van der Waals surface area contributed by atoms with Gasteiger partial charge >= 0.3 is 0 Å². The van der Waals surface area contributed by atoms with E-state index in [-0.39, 0.29) is 19.2 Å². The van der Waals surface area contributed by atoms with E-state index in [1.807, 2.05) is 6.92 Å². The van der Waals surface area contributed by atoms with Crippen molar-refractivity contribution < 1.29 is 9.59 Å². The van der Waals surface area contributed by atoms with E-state index < -0.39 is 19.1 Å². The van der Waals surface area contributed by atoms with Crippen molar-refractivity contribution in [3.63, 3.8) is 0 Å². The Morgan fingerprint density at radius 1 is 1.71 bits per heavy atom. The van der Waals surface area contributed by atoms with Crippen molar-refractivity contribution in [2.24, 2.45) is 5.73 Å². The molecule has 0 aromatic rings. The first-order chi connectivity index (χ1) is 6.59. The summed E-state index contributed by atoms with van der Waals surface area (Å²) in [5, 5.41) is 0. The molecule has 1 spiro atoms. The second kappa shape index (κ2) is 3.05. The van der Waals surface area contributed by atoms with Gasteiger partial charge in [-0.05, 0) is 6.92 Å². The Hall–Kier alpha value is -0.390. The summed E-state index contributed by atoms with van der Waals surface area (Å²) in [4.78, 5) is 24.6. The van der Waals surface area contributed by atoms with E-state index in [1.165, 1.54) is 4.90 Å². The van der Waals surface area contributed by atoms with Crippen molar-refractivity contribution >= 4 is 31.0 Å². The Labute approximate surface area is 89.3 Å². The average molecular weight is 308 g/mol. The van der Waals surface area contributed by atoms with Crippen molar-refractivity contribution in [2.45, 2.75) is 20.7 Å². The molecule has 78 valence electrons. The molecule has 0 aromatic heterocycles. The number of hydrogen-bond acceptors (Lipinski definition) is 3. The predicted octanol–water partition coefficient (Wildman–Crippen LogP) is -0.0597. The van der Waals surface area contributed by atoms with Crippen molar-refractivity contribution in [3.8, 4) is 3.81 Å². The molecule has 4 nitrogen and oxygen atoms in total. The summed E-state index contributed by atoms with van der Waals surface area (Å²) in [6, 6.07) is 0. The fraction of sp³-hybridized carbons (Fsp3) is 0.667. The maximum absolute atomic E-state index is 11.9. The molecular weight excluding hydrogens is 295 g/mol. The molecule has 2 atom stereocenters. The van der Waals surface area contributed by atoms with E-state index in [2.05, 4.69) is 3.81 Å². The summed E-state index contributed by atoms with van der Waals surface area (Å²) in [7, 11) is 1.56. The minimum absolute atomic E-state index is 0.00231. The summed E-state index contributed by atoms with van der Waals surface area (Å²) in [5.41, 5.74) is 5.62. The van der Waals surface area contributed by atoms with Crippen LogP contribution >= 0.6 is 19.1 Å². The van der Waals surface area contributed by atoms with Crippen molar-refractivity contribution in [1.29, 1.82) is 0 Å². The number of rotatable bonds is 1. The zero-order valence-corrected chi connectivity index (χ0v) is 10.4. The van der Waals surface area contributed by atoms with Gasteiger partial charge in [-0.2, -0.15) is 0 Å². The van der Waals surface area contributed by atoms with Gasteiger partial charge in [0.25, 0.3) is 0 Å². The monoisotopic (exact) mass is 308 g/mol. The Kier molecular flexibility index (Phi) is 2.21. The second-order valence-electron chi connectivity index (χ2n) is 3.50. The van der Waals surface area contributed by atoms with Crippen LogP contribution in [0, 0.1) is 3.81 Å². The van der Waals surface area contributed by atoms with Crippen LogP contribution < -0.4 is 5.73 Å². The summed E-state index contributed by atoms with van der Waals surface area (Å²) in [5.74, 6) is -0.0546. The number of imide groups is 1. The first-order valence-corrected chi connectivity index (χ1v) is 7.86. The van der Waals surface area contributed by atoms with Crippen LogP contribution in [0.5, 0.6) is 0 Å². The number of alkyl halides is 2. The lowest BCUT2D eigenvalue weighted by Crippen LogP contribution is -2.32. The highest BCUT2D eigenvalue weighted by Crippen LogP contribution is 2.70. The molecule has 0 radical (unpaired) electrons. The highest BCUT2D eigenvalue weighted by atomic mass is 127. The molecule has 0 aromatic carbocycles. The third kappa shape index (κ3) is 0.975. The van der Waals surface area contributed by atoms with Crippen LogP contribution in [0.3, 0.4) is 0 Å². The Morgan fingerprint density at radius 3 is 2.64 bits per heavy atom. The molecule has 2 amide bonds. The molecule has 2 N–H and O–H groups in total. The van der Waals surface area contributed by atoms with E-state index in [4.69, 9.17) is 5.73 Å². The first kappa shape index (κ1) is 10.1. The average Bonchev–Trinajstić information content (AvgIpc) is 2.76. The van der Waals surface area contributed by atoms with E-state index in [1.54, 1.807) is 7.05 Å². The number of hydrogen-bond donors (Lipinski definition) is 1. The van der Waals surface area contributed by atoms with Crippen molar-refractivity contribution in [2.75, 3.05) is 13.6 Å². The Morgan fingerprint density at radius 2 is 2.36 bits per heavy atom. The highest BCUT2D eigenvalue weighted by molar-refractivity contribution is 14.2. The largest absolute Gasteiger partial charge is 0.329 e. The summed E-state index contributed by atoms with van der Waals surface area (Å²) in [6.45, 7) is 2.40. The number of carbonyl (C=O) groups is 2. The van der Waals surface area contributed by atoms with Gasteiger partial charge in [-0.15, -0.1) is 22.9 Å². The molecule has 2 unspecified atom stereocenters. The summed E-state index contributed by atoms with van der Waals surface area (Å²) in [6.07, 6.45) is 0.385. The van der Waals surface area contributed by atoms with E-state index in [0.29, 0.717) is 13.0 Å². The van der Waals surface area contributed by atoms with E-state index in [9.17, 15) is 9.59 Å². The number of halogens is 1. The molecule has 2 rings (SSSR count). The summed E-state index contributed by atoms with van der Waals surface area (Å²) < 4.78 is 3.14. The molecular formula is C9H13IN2O2. The Balaban J connectivity index is 2.41. The van der Waals surface area contributed by atoms with Crippen LogP contribution in [0.1, 0.15) is 13.3 Å². The molecule has 2 heterocycles. The Bertz CT molecular complexity index is 406. The standard InChI is InChI=1S/C9H13IN2O2/c1-3-10-6(5-11)9(10)4-7(13)12(2)8(9)14/h6H,4-5,11H2,1-2H3. The van der Waals surface area contributed by atoms with E-state index in [0.717, 1.165) is 0 Å². The molecule has 0 bridgehead atoms. The third-order valence-corrected chi connectivity index (χ3v) is 10.2. The SMILES string of the molecule is CC#I1C(CN)C12CC(=O)N(C)C2=O. The molecule has 2 saturated heterocycles. The van der Waals surface area contributed by atoms with Gasteiger partial charge < -0.3 is 5.73 Å². The van der Waals surface area contributed by atoms with Crippen LogP contribution in [0.2, 0.25) is 0 Å². The van der Waals surface area contributed by atoms with Gasteiger partial charge in [0, 0.05) is 17.5 Å². The number of carbonyl (C=O) groups excluding carboxylic acids is 2. The highest BCUT2D eigenvalue weighted by Gasteiger charge is 2.69. The van der Waals surface area contributed by atoms with Crippen LogP contribution in [-0.4, -0.2) is 37.7 Å². The lowest BCUT2D eigenvalue weighted by molar-refractivity contribution is -0.136. The fourth-order valence-electron chi connectivity index (χ4n) is 2.11. The van der Waals surface area contributed by atoms with Crippen molar-refractivity contribution in [1.82, 2.24) is 4.90 Å². The van der Waals surface area contributed by atoms with Crippen molar-refractivity contribution in [3.05, 3.63) is 0 Å². The number of nitrogens with zero attached hydrogens (tertiary/aromatic N) is 1. The minimum Gasteiger partial charge on any atom is -0.329 e. The third-order valence-electron chi connectivity index (χ3n) is 2.93. The molecule has 2 aliphatic heterocycles. The van der Waals surface area contributed by atoms with Gasteiger partial charge in [-0.3, -0.25) is 14.5 Å². The molecule has 0 aliphatic carbocycles. The first-order valence-electron chi connectivity index (χ1n) is 4.46. The topological polar surface area (TPSA) is 63.4 Å². The second-order valence-corrected chi connectivity index (χ2v) is 9.79. The zero-order valence-electron chi connectivity index (χ0n) is 8.21. The van der Waals surface area contributed by atoms with Crippen LogP contribution in [0.4, 0.5) is 0 Å². The molecule has 2 aliphatic rings. The molecule has 0 saturated carbocycles. The van der Waals surface area contributed by atoms with Gasteiger partial charge in [0.1, 0.15) is 3.42 Å². The maximum Gasteiger partial charge on any atom is 0.246 e. The predicted molar refractivity (Wildman–Crippen MR) is 61.5 cm³/mol. The van der Waals surface area contributed by atoms with E-state index >= 15 is 0 Å². The minimum atomic E-state index is -1.50. The lowest BCUT2D eigenvalue weighted by Gasteiger charge is -2.05. The number of nitrogens with two attached hydrogens (primary N) is 1. The van der Waals surface area contributed by atoms with Crippen LogP contribution in [-0.2, 0) is 9.59 Å². The van der Waals surface area contributed by atoms with Crippen LogP contribution in [0.15, 0.2) is 0 Å². The smallest absolute Gasteiger partial charge is 0.246 e. The van der Waals surface area contributed by atoms with Gasteiger partial charge in [0.05, 0.1) is 6.42 Å². The van der Waals surface area contributed by atoms with Gasteiger partial charge in [-0.25, -0.2) is 0 Å². The van der Waals surface area contributed by atoms with Crippen LogP contribution in [0.25, 0.3) is 0 Å². The molecule has 2 fully saturated rings. The summed E-state index contributed by atoms with van der Waals surface area (Å²) >= 11 is -1.50.